The monoisotopic (exact) mass is 210 g/mol. The molecule has 0 aromatic heterocycles. The van der Waals surface area contributed by atoms with Crippen LogP contribution in [0.3, 0.4) is 0 Å². The number of nitriles is 1. The highest BCUT2D eigenvalue weighted by atomic mass is 14.6. The third kappa shape index (κ3) is 2.14. The van der Waals surface area contributed by atoms with E-state index >= 15 is 0 Å². The summed E-state index contributed by atoms with van der Waals surface area (Å²) in [5, 5.41) is 8.86. The second kappa shape index (κ2) is 4.24. The molecule has 2 N–H and O–H groups in total. The Morgan fingerprint density at radius 1 is 1.44 bits per heavy atom. The van der Waals surface area contributed by atoms with Crippen molar-refractivity contribution in [3.05, 3.63) is 53.2 Å². The average molecular weight is 210 g/mol. The molecular weight excluding hydrogens is 196 g/mol. The third-order valence-electron chi connectivity index (χ3n) is 2.72. The zero-order valence-corrected chi connectivity index (χ0v) is 9.27. The highest BCUT2D eigenvalue weighted by molar-refractivity contribution is 5.70. The second-order valence-electron chi connectivity index (χ2n) is 4.21. The first-order chi connectivity index (χ1) is 7.69. The lowest BCUT2D eigenvalue weighted by Gasteiger charge is -2.17. The summed E-state index contributed by atoms with van der Waals surface area (Å²) in [5.74, 6) is 0.464. The van der Waals surface area contributed by atoms with Crippen LogP contribution in [-0.2, 0) is 0 Å². The number of benzene rings is 1. The highest BCUT2D eigenvalue weighted by Crippen LogP contribution is 2.28. The van der Waals surface area contributed by atoms with Crippen molar-refractivity contribution >= 4 is 5.57 Å². The largest absolute Gasteiger partial charge is 0.399 e. The number of nitrogens with two attached hydrogens (primary N) is 1. The average Bonchev–Trinajstić information content (AvgIpc) is 2.28. The van der Waals surface area contributed by atoms with Crippen molar-refractivity contribution in [3.63, 3.8) is 0 Å². The minimum absolute atomic E-state index is 0.464. The van der Waals surface area contributed by atoms with E-state index in [0.717, 1.165) is 17.7 Å². The van der Waals surface area contributed by atoms with Gasteiger partial charge in [-0.25, -0.2) is 0 Å². The number of hydrogen-bond acceptors (Lipinski definition) is 2. The van der Waals surface area contributed by atoms with Gasteiger partial charge in [0.2, 0.25) is 0 Å². The predicted molar refractivity (Wildman–Crippen MR) is 65.2 cm³/mol. The van der Waals surface area contributed by atoms with E-state index in [-0.39, 0.29) is 0 Å². The molecule has 0 heterocycles. The molecule has 1 unspecified atom stereocenters. The predicted octanol–water partition coefficient (Wildman–Crippen LogP) is 2.82. The molecule has 16 heavy (non-hydrogen) atoms. The van der Waals surface area contributed by atoms with Gasteiger partial charge in [0.1, 0.15) is 0 Å². The summed E-state index contributed by atoms with van der Waals surface area (Å²) in [5.41, 5.74) is 9.66. The van der Waals surface area contributed by atoms with Gasteiger partial charge in [0, 0.05) is 5.70 Å². The molecule has 2 rings (SSSR count). The van der Waals surface area contributed by atoms with Gasteiger partial charge in [0.15, 0.2) is 0 Å². The van der Waals surface area contributed by atoms with Crippen molar-refractivity contribution in [2.75, 3.05) is 0 Å². The smallest absolute Gasteiger partial charge is 0.0991 e. The van der Waals surface area contributed by atoms with Gasteiger partial charge in [0.25, 0.3) is 0 Å². The van der Waals surface area contributed by atoms with Crippen molar-refractivity contribution in [1.29, 1.82) is 5.26 Å². The molecule has 0 amide bonds. The Kier molecular flexibility index (Phi) is 2.78. The Morgan fingerprint density at radius 3 is 2.94 bits per heavy atom. The normalized spacial score (nSPS) is 19.6. The van der Waals surface area contributed by atoms with E-state index < -0.39 is 0 Å². The van der Waals surface area contributed by atoms with Crippen LogP contribution in [0.1, 0.15) is 24.5 Å². The fourth-order valence-corrected chi connectivity index (χ4v) is 2.03. The van der Waals surface area contributed by atoms with Crippen molar-refractivity contribution in [2.45, 2.75) is 13.3 Å². The summed E-state index contributed by atoms with van der Waals surface area (Å²) in [4.78, 5) is 0. The van der Waals surface area contributed by atoms with Crippen LogP contribution in [-0.4, -0.2) is 0 Å². The van der Waals surface area contributed by atoms with Crippen LogP contribution in [0.5, 0.6) is 0 Å². The molecule has 0 fully saturated rings. The lowest BCUT2D eigenvalue weighted by atomic mass is 9.89. The van der Waals surface area contributed by atoms with Crippen molar-refractivity contribution in [2.24, 2.45) is 11.7 Å². The summed E-state index contributed by atoms with van der Waals surface area (Å²) < 4.78 is 0. The molecule has 80 valence electrons. The number of nitrogens with zero attached hydrogens (tertiary/aromatic N) is 1. The van der Waals surface area contributed by atoms with E-state index in [1.165, 1.54) is 5.57 Å². The highest BCUT2D eigenvalue weighted by Gasteiger charge is 2.11. The molecule has 0 spiro atoms. The Labute approximate surface area is 95.7 Å². The van der Waals surface area contributed by atoms with Gasteiger partial charge in [0.05, 0.1) is 11.6 Å². The van der Waals surface area contributed by atoms with Gasteiger partial charge in [-0.3, -0.25) is 0 Å². The lowest BCUT2D eigenvalue weighted by Crippen LogP contribution is -2.06. The summed E-state index contributed by atoms with van der Waals surface area (Å²) in [6.07, 6.45) is 5.05. The standard InChI is InChI=1S/C14H14N2/c1-10-5-13(8-14(16)6-10)12-4-2-3-11(7-12)9-15/h2-4,6-8,10H,5,16H2,1H3. The summed E-state index contributed by atoms with van der Waals surface area (Å²) in [6.45, 7) is 2.15. The maximum absolute atomic E-state index is 8.86. The van der Waals surface area contributed by atoms with Gasteiger partial charge in [-0.15, -0.1) is 0 Å². The Balaban J connectivity index is 2.38. The molecule has 0 saturated carbocycles. The molecule has 1 atom stereocenters. The van der Waals surface area contributed by atoms with Crippen LogP contribution >= 0.6 is 0 Å². The zero-order chi connectivity index (χ0) is 11.5. The molecule has 1 aliphatic rings. The molecule has 1 aliphatic carbocycles. The Morgan fingerprint density at radius 2 is 2.25 bits per heavy atom. The maximum Gasteiger partial charge on any atom is 0.0991 e. The van der Waals surface area contributed by atoms with Gasteiger partial charge in [-0.1, -0.05) is 25.1 Å². The second-order valence-corrected chi connectivity index (χ2v) is 4.21. The summed E-state index contributed by atoms with van der Waals surface area (Å²) in [6, 6.07) is 9.82. The Bertz CT molecular complexity index is 504. The first-order valence-electron chi connectivity index (χ1n) is 5.37. The lowest BCUT2D eigenvalue weighted by molar-refractivity contribution is 0.740. The molecule has 2 nitrogen and oxygen atoms in total. The van der Waals surface area contributed by atoms with E-state index in [1.807, 2.05) is 30.3 Å². The number of allylic oxidation sites excluding steroid dienone is 3. The molecule has 1 aromatic rings. The van der Waals surface area contributed by atoms with Gasteiger partial charge in [-0.05, 0) is 41.7 Å². The fraction of sp³-hybridized carbons (Fsp3) is 0.214. The minimum Gasteiger partial charge on any atom is -0.399 e. The van der Waals surface area contributed by atoms with E-state index in [1.54, 1.807) is 0 Å². The minimum atomic E-state index is 0.464. The van der Waals surface area contributed by atoms with Crippen LogP contribution in [0.25, 0.3) is 5.57 Å². The SMILES string of the molecule is CC1C=C(N)C=C(c2cccc(C#N)c2)C1. The quantitative estimate of drug-likeness (QED) is 0.774. The number of rotatable bonds is 1. The molecule has 0 saturated heterocycles. The molecule has 1 aromatic carbocycles. The molecule has 0 bridgehead atoms. The van der Waals surface area contributed by atoms with Crippen molar-refractivity contribution < 1.29 is 0 Å². The van der Waals surface area contributed by atoms with Crippen LogP contribution < -0.4 is 5.73 Å². The fourth-order valence-electron chi connectivity index (χ4n) is 2.03. The van der Waals surface area contributed by atoms with E-state index in [9.17, 15) is 0 Å². The topological polar surface area (TPSA) is 49.8 Å². The van der Waals surface area contributed by atoms with Gasteiger partial charge in [-0.2, -0.15) is 5.26 Å². The van der Waals surface area contributed by atoms with Crippen LogP contribution in [0.15, 0.2) is 42.1 Å². The molecular formula is C14H14N2. The molecule has 0 radical (unpaired) electrons. The van der Waals surface area contributed by atoms with E-state index in [2.05, 4.69) is 19.1 Å². The van der Waals surface area contributed by atoms with Crippen LogP contribution in [0, 0.1) is 17.2 Å². The first-order valence-corrected chi connectivity index (χ1v) is 5.37. The van der Waals surface area contributed by atoms with E-state index in [0.29, 0.717) is 11.5 Å². The number of hydrogen-bond donors (Lipinski definition) is 1. The van der Waals surface area contributed by atoms with Crippen LogP contribution in [0.2, 0.25) is 0 Å². The molecule has 2 heteroatoms. The summed E-state index contributed by atoms with van der Waals surface area (Å²) >= 11 is 0. The third-order valence-corrected chi connectivity index (χ3v) is 2.72. The zero-order valence-electron chi connectivity index (χ0n) is 9.27. The van der Waals surface area contributed by atoms with Crippen molar-refractivity contribution in [1.82, 2.24) is 0 Å². The van der Waals surface area contributed by atoms with Gasteiger partial charge >= 0.3 is 0 Å². The van der Waals surface area contributed by atoms with Gasteiger partial charge < -0.3 is 5.73 Å². The first kappa shape index (κ1) is 10.5. The summed E-state index contributed by atoms with van der Waals surface area (Å²) in [7, 11) is 0. The van der Waals surface area contributed by atoms with Crippen LogP contribution in [0.4, 0.5) is 0 Å². The Hall–Kier alpha value is -2.01. The molecule has 0 aliphatic heterocycles. The van der Waals surface area contributed by atoms with Crippen molar-refractivity contribution in [3.8, 4) is 6.07 Å². The maximum atomic E-state index is 8.86. The van der Waals surface area contributed by atoms with E-state index in [4.69, 9.17) is 11.0 Å².